The highest BCUT2D eigenvalue weighted by Crippen LogP contribution is 2.48. The van der Waals surface area contributed by atoms with E-state index in [-0.39, 0.29) is 0 Å². The minimum absolute atomic E-state index is 0.352. The SMILES string of the molecule is O[C@H](COCc1ccco1)CN1CCc2sccc2[C@H]1C1CC1. The van der Waals surface area contributed by atoms with E-state index in [0.29, 0.717) is 25.8 Å². The molecule has 124 valence electrons. The largest absolute Gasteiger partial charge is 0.467 e. The number of rotatable bonds is 7. The second-order valence-electron chi connectivity index (χ2n) is 6.57. The molecule has 1 aliphatic carbocycles. The van der Waals surface area contributed by atoms with Crippen molar-refractivity contribution in [2.75, 3.05) is 19.7 Å². The van der Waals surface area contributed by atoms with Gasteiger partial charge in [0.25, 0.3) is 0 Å². The zero-order valence-electron chi connectivity index (χ0n) is 13.2. The highest BCUT2D eigenvalue weighted by molar-refractivity contribution is 7.10. The summed E-state index contributed by atoms with van der Waals surface area (Å²) in [4.78, 5) is 4.01. The van der Waals surface area contributed by atoms with Crippen molar-refractivity contribution in [3.63, 3.8) is 0 Å². The molecule has 5 heteroatoms. The zero-order chi connectivity index (χ0) is 15.6. The van der Waals surface area contributed by atoms with Crippen LogP contribution in [-0.4, -0.2) is 35.8 Å². The second-order valence-corrected chi connectivity index (χ2v) is 7.58. The van der Waals surface area contributed by atoms with Crippen molar-refractivity contribution < 1.29 is 14.3 Å². The molecule has 2 aromatic heterocycles. The quantitative estimate of drug-likeness (QED) is 0.845. The molecule has 0 radical (unpaired) electrons. The third-order valence-electron chi connectivity index (χ3n) is 4.77. The lowest BCUT2D eigenvalue weighted by Crippen LogP contribution is -2.42. The van der Waals surface area contributed by atoms with Crippen LogP contribution in [0.1, 0.15) is 35.1 Å². The van der Waals surface area contributed by atoms with E-state index in [0.717, 1.165) is 24.6 Å². The number of β-amino-alcohol motifs (C(OH)–C–C–N with tert-alkyl or cyclic N) is 1. The Morgan fingerprint density at radius 2 is 2.30 bits per heavy atom. The summed E-state index contributed by atoms with van der Waals surface area (Å²) in [5.74, 6) is 1.58. The van der Waals surface area contributed by atoms with Gasteiger partial charge in [-0.15, -0.1) is 11.3 Å². The Hall–Kier alpha value is -1.14. The molecule has 2 aliphatic rings. The summed E-state index contributed by atoms with van der Waals surface area (Å²) < 4.78 is 10.8. The summed E-state index contributed by atoms with van der Waals surface area (Å²) in [5, 5.41) is 12.6. The Labute approximate surface area is 140 Å². The van der Waals surface area contributed by atoms with E-state index in [1.807, 2.05) is 23.5 Å². The molecular formula is C18H23NO3S. The number of fused-ring (bicyclic) bond motifs is 1. The average Bonchev–Trinajstić information content (AvgIpc) is 3.05. The minimum atomic E-state index is -0.452. The molecule has 4 rings (SSSR count). The molecule has 1 N–H and O–H groups in total. The standard InChI is InChI=1S/C18H23NO3S/c20-14(11-21-12-15-2-1-8-22-15)10-19-7-5-17-16(6-9-23-17)18(19)13-3-4-13/h1-2,6,8-9,13-14,18,20H,3-5,7,10-12H2/t14-,18+/m0/s1. The number of aliphatic hydroxyl groups excluding tert-OH is 1. The van der Waals surface area contributed by atoms with Gasteiger partial charge >= 0.3 is 0 Å². The molecule has 1 fully saturated rings. The van der Waals surface area contributed by atoms with Crippen LogP contribution in [0.5, 0.6) is 0 Å². The van der Waals surface area contributed by atoms with Crippen LogP contribution in [0.25, 0.3) is 0 Å². The van der Waals surface area contributed by atoms with Gasteiger partial charge in [-0.05, 0) is 54.3 Å². The van der Waals surface area contributed by atoms with Crippen LogP contribution in [-0.2, 0) is 17.8 Å². The van der Waals surface area contributed by atoms with Crippen molar-refractivity contribution in [1.82, 2.24) is 4.90 Å². The van der Waals surface area contributed by atoms with Gasteiger partial charge in [0.2, 0.25) is 0 Å². The Morgan fingerprint density at radius 3 is 3.09 bits per heavy atom. The first-order valence-electron chi connectivity index (χ1n) is 8.40. The average molecular weight is 333 g/mol. The lowest BCUT2D eigenvalue weighted by Gasteiger charge is -2.37. The molecule has 1 aliphatic heterocycles. The fraction of sp³-hybridized carbons (Fsp3) is 0.556. The first-order chi connectivity index (χ1) is 11.3. The molecule has 3 heterocycles. The van der Waals surface area contributed by atoms with Gasteiger partial charge in [0.1, 0.15) is 12.4 Å². The van der Waals surface area contributed by atoms with Gasteiger partial charge < -0.3 is 14.3 Å². The van der Waals surface area contributed by atoms with E-state index in [2.05, 4.69) is 16.3 Å². The van der Waals surface area contributed by atoms with E-state index in [1.165, 1.54) is 18.4 Å². The molecule has 0 unspecified atom stereocenters. The first kappa shape index (κ1) is 15.4. The predicted octanol–water partition coefficient (Wildman–Crippen LogP) is 3.23. The summed E-state index contributed by atoms with van der Waals surface area (Å²) in [6.07, 6.45) is 4.94. The lowest BCUT2D eigenvalue weighted by molar-refractivity contribution is -0.00546. The van der Waals surface area contributed by atoms with Crippen molar-refractivity contribution in [2.24, 2.45) is 5.92 Å². The predicted molar refractivity (Wildman–Crippen MR) is 89.4 cm³/mol. The maximum atomic E-state index is 10.4. The Bertz CT molecular complexity index is 620. The van der Waals surface area contributed by atoms with Gasteiger partial charge in [0.05, 0.1) is 19.0 Å². The van der Waals surface area contributed by atoms with Crippen LogP contribution >= 0.6 is 11.3 Å². The van der Waals surface area contributed by atoms with Crippen LogP contribution in [0.3, 0.4) is 0 Å². The minimum Gasteiger partial charge on any atom is -0.467 e. The summed E-state index contributed by atoms with van der Waals surface area (Å²) in [6.45, 7) is 2.51. The van der Waals surface area contributed by atoms with Gasteiger partial charge in [-0.2, -0.15) is 0 Å². The van der Waals surface area contributed by atoms with Crippen molar-refractivity contribution in [1.29, 1.82) is 0 Å². The topological polar surface area (TPSA) is 45.8 Å². The van der Waals surface area contributed by atoms with E-state index in [9.17, 15) is 5.11 Å². The van der Waals surface area contributed by atoms with Crippen LogP contribution in [0.4, 0.5) is 0 Å². The molecule has 0 aromatic carbocycles. The second kappa shape index (κ2) is 6.77. The summed E-state index contributed by atoms with van der Waals surface area (Å²) >= 11 is 1.88. The third-order valence-corrected chi connectivity index (χ3v) is 5.76. The van der Waals surface area contributed by atoms with Crippen molar-refractivity contribution >= 4 is 11.3 Å². The van der Waals surface area contributed by atoms with Gasteiger partial charge in [-0.3, -0.25) is 4.90 Å². The van der Waals surface area contributed by atoms with Crippen molar-refractivity contribution in [2.45, 2.75) is 38.0 Å². The fourth-order valence-corrected chi connectivity index (χ4v) is 4.49. The van der Waals surface area contributed by atoms with Gasteiger partial charge in [-0.1, -0.05) is 0 Å². The van der Waals surface area contributed by atoms with Crippen molar-refractivity contribution in [3.8, 4) is 0 Å². The molecule has 0 spiro atoms. The van der Waals surface area contributed by atoms with E-state index in [1.54, 1.807) is 11.1 Å². The molecule has 4 nitrogen and oxygen atoms in total. The summed E-state index contributed by atoms with van der Waals surface area (Å²) in [7, 11) is 0. The van der Waals surface area contributed by atoms with Crippen LogP contribution < -0.4 is 0 Å². The highest BCUT2D eigenvalue weighted by atomic mass is 32.1. The zero-order valence-corrected chi connectivity index (χ0v) is 14.0. The Kier molecular flexibility index (Phi) is 4.53. The highest BCUT2D eigenvalue weighted by Gasteiger charge is 2.40. The maximum Gasteiger partial charge on any atom is 0.129 e. The van der Waals surface area contributed by atoms with Gasteiger partial charge in [0, 0.05) is 24.0 Å². The summed E-state index contributed by atoms with van der Waals surface area (Å²) in [5.41, 5.74) is 1.51. The van der Waals surface area contributed by atoms with E-state index >= 15 is 0 Å². The number of hydrogen-bond acceptors (Lipinski definition) is 5. The lowest BCUT2D eigenvalue weighted by atomic mass is 9.95. The van der Waals surface area contributed by atoms with Crippen molar-refractivity contribution in [3.05, 3.63) is 46.0 Å². The van der Waals surface area contributed by atoms with Gasteiger partial charge in [0.15, 0.2) is 0 Å². The normalized spacial score (nSPS) is 22.9. The molecule has 0 saturated heterocycles. The summed E-state index contributed by atoms with van der Waals surface area (Å²) in [6, 6.07) is 6.53. The Morgan fingerprint density at radius 1 is 1.39 bits per heavy atom. The molecule has 23 heavy (non-hydrogen) atoms. The molecule has 0 amide bonds. The first-order valence-corrected chi connectivity index (χ1v) is 9.27. The smallest absolute Gasteiger partial charge is 0.129 e. The molecular weight excluding hydrogens is 310 g/mol. The molecule has 2 aromatic rings. The monoisotopic (exact) mass is 333 g/mol. The molecule has 1 saturated carbocycles. The fourth-order valence-electron chi connectivity index (χ4n) is 3.58. The maximum absolute atomic E-state index is 10.4. The Balaban J connectivity index is 1.32. The van der Waals surface area contributed by atoms with Crippen LogP contribution in [0.15, 0.2) is 34.3 Å². The number of hydrogen-bond donors (Lipinski definition) is 1. The van der Waals surface area contributed by atoms with E-state index < -0.39 is 6.10 Å². The molecule has 2 atom stereocenters. The van der Waals surface area contributed by atoms with Crippen LogP contribution in [0.2, 0.25) is 0 Å². The number of aliphatic hydroxyl groups is 1. The third kappa shape index (κ3) is 3.53. The van der Waals surface area contributed by atoms with Crippen LogP contribution in [0, 0.1) is 5.92 Å². The number of thiophene rings is 1. The van der Waals surface area contributed by atoms with E-state index in [4.69, 9.17) is 9.15 Å². The number of ether oxygens (including phenoxy) is 1. The number of furan rings is 1. The number of nitrogens with zero attached hydrogens (tertiary/aromatic N) is 1. The van der Waals surface area contributed by atoms with Gasteiger partial charge in [-0.25, -0.2) is 0 Å². The molecule has 0 bridgehead atoms.